The van der Waals surface area contributed by atoms with Crippen molar-refractivity contribution in [2.24, 2.45) is 0 Å². The minimum Gasteiger partial charge on any atom is -0.0622 e. The molecule has 0 spiro atoms. The Bertz CT molecular complexity index is 1760. The Hall–Kier alpha value is -3.46. The first-order chi connectivity index (χ1) is 17.7. The molecule has 0 atom stereocenters. The van der Waals surface area contributed by atoms with Gasteiger partial charge in [-0.15, -0.1) is 0 Å². The van der Waals surface area contributed by atoms with Gasteiger partial charge in [0.25, 0.3) is 0 Å². The minimum atomic E-state index is 1.11. The minimum absolute atomic E-state index is 1.11. The van der Waals surface area contributed by atoms with E-state index in [0.29, 0.717) is 0 Å². The number of hydrogen-bond acceptors (Lipinski definition) is 0. The zero-order valence-electron chi connectivity index (χ0n) is 19.3. The Kier molecular flexibility index (Phi) is 5.20. The average molecular weight is 588 g/mol. The number of fused-ring (bicyclic) bond motifs is 3. The van der Waals surface area contributed by atoms with E-state index >= 15 is 0 Å². The van der Waals surface area contributed by atoms with Gasteiger partial charge in [0.15, 0.2) is 0 Å². The zero-order valence-corrected chi connectivity index (χ0v) is 22.5. The fraction of sp³-hybridized carbons (Fsp3) is 0. The molecule has 0 amide bonds. The molecule has 6 aromatic carbocycles. The summed E-state index contributed by atoms with van der Waals surface area (Å²) in [6.45, 7) is 0. The van der Waals surface area contributed by atoms with Gasteiger partial charge in [-0.3, -0.25) is 0 Å². The van der Waals surface area contributed by atoms with Crippen LogP contribution in [0.15, 0.2) is 130 Å². The van der Waals surface area contributed by atoms with Gasteiger partial charge in [0, 0.05) is 14.3 Å². The molecular formula is C34H20Br2. The molecule has 0 saturated heterocycles. The molecule has 0 aliphatic heterocycles. The lowest BCUT2D eigenvalue weighted by Crippen LogP contribution is -1.94. The second-order valence-corrected chi connectivity index (χ2v) is 10.8. The molecule has 6 aromatic rings. The van der Waals surface area contributed by atoms with Gasteiger partial charge in [-0.2, -0.15) is 0 Å². The molecule has 36 heavy (non-hydrogen) atoms. The predicted molar refractivity (Wildman–Crippen MR) is 160 cm³/mol. The summed E-state index contributed by atoms with van der Waals surface area (Å²) in [7, 11) is 0. The van der Waals surface area contributed by atoms with Crippen molar-refractivity contribution in [1.29, 1.82) is 0 Å². The van der Waals surface area contributed by atoms with Gasteiger partial charge < -0.3 is 0 Å². The Labute approximate surface area is 227 Å². The van der Waals surface area contributed by atoms with Crippen LogP contribution in [0.1, 0.15) is 0 Å². The molecule has 0 radical (unpaired) electrons. The Morgan fingerprint density at radius 3 is 1.31 bits per heavy atom. The van der Waals surface area contributed by atoms with Crippen molar-refractivity contribution >= 4 is 42.6 Å². The molecule has 1 aliphatic rings. The van der Waals surface area contributed by atoms with Crippen LogP contribution in [0.5, 0.6) is 0 Å². The first-order valence-corrected chi connectivity index (χ1v) is 13.6. The molecule has 0 heterocycles. The van der Waals surface area contributed by atoms with Crippen molar-refractivity contribution in [3.63, 3.8) is 0 Å². The molecule has 0 nitrogen and oxygen atoms in total. The van der Waals surface area contributed by atoms with Crippen molar-refractivity contribution in [3.8, 4) is 55.6 Å². The van der Waals surface area contributed by atoms with Gasteiger partial charge in [0.2, 0.25) is 0 Å². The summed E-state index contributed by atoms with van der Waals surface area (Å²) in [4.78, 5) is 0. The zero-order chi connectivity index (χ0) is 24.2. The second-order valence-electron chi connectivity index (χ2n) is 9.13. The molecule has 0 N–H and O–H groups in total. The Morgan fingerprint density at radius 1 is 0.333 bits per heavy atom. The first-order valence-electron chi connectivity index (χ1n) is 12.0. The third kappa shape index (κ3) is 3.25. The molecule has 0 fully saturated rings. The number of halogens is 2. The monoisotopic (exact) mass is 586 g/mol. The van der Waals surface area contributed by atoms with Crippen molar-refractivity contribution in [2.75, 3.05) is 0 Å². The van der Waals surface area contributed by atoms with Gasteiger partial charge in [0.1, 0.15) is 0 Å². The summed E-state index contributed by atoms with van der Waals surface area (Å²) < 4.78 is 2.21. The molecule has 1 aliphatic carbocycles. The van der Waals surface area contributed by atoms with E-state index in [1.807, 2.05) is 0 Å². The van der Waals surface area contributed by atoms with E-state index in [4.69, 9.17) is 0 Å². The van der Waals surface area contributed by atoms with Crippen LogP contribution in [0.25, 0.3) is 66.4 Å². The number of rotatable bonds is 3. The van der Waals surface area contributed by atoms with Gasteiger partial charge in [0.05, 0.1) is 0 Å². The number of benzene rings is 6. The third-order valence-electron chi connectivity index (χ3n) is 7.16. The highest BCUT2D eigenvalue weighted by molar-refractivity contribution is 9.11. The van der Waals surface area contributed by atoms with Gasteiger partial charge in [-0.1, -0.05) is 135 Å². The molecule has 0 aromatic heterocycles. The second kappa shape index (κ2) is 8.58. The van der Waals surface area contributed by atoms with Crippen LogP contribution < -0.4 is 0 Å². The highest BCUT2D eigenvalue weighted by Crippen LogP contribution is 2.58. The maximum Gasteiger partial charge on any atom is 0.0265 e. The summed E-state index contributed by atoms with van der Waals surface area (Å²) in [5, 5.41) is 2.52. The van der Waals surface area contributed by atoms with E-state index in [1.54, 1.807) is 0 Å². The van der Waals surface area contributed by atoms with Gasteiger partial charge in [-0.25, -0.2) is 0 Å². The smallest absolute Gasteiger partial charge is 0.0265 e. The SMILES string of the molecule is Brc1ccc2c3c(ccc(Br)c13)-c1c(-c3ccccc3)c(-c3ccccc3)cc(-c3ccccc3)c1-2. The molecular weight excluding hydrogens is 568 g/mol. The summed E-state index contributed by atoms with van der Waals surface area (Å²) in [6, 6.07) is 43.7. The van der Waals surface area contributed by atoms with Crippen molar-refractivity contribution in [3.05, 3.63) is 130 Å². The van der Waals surface area contributed by atoms with Crippen molar-refractivity contribution in [1.82, 2.24) is 0 Å². The summed E-state index contributed by atoms with van der Waals surface area (Å²) in [5.41, 5.74) is 12.7. The third-order valence-corrected chi connectivity index (χ3v) is 8.48. The summed E-state index contributed by atoms with van der Waals surface area (Å²) >= 11 is 7.67. The van der Waals surface area contributed by atoms with Crippen molar-refractivity contribution in [2.45, 2.75) is 0 Å². The predicted octanol–water partition coefficient (Wildman–Crippen LogP) is 11.0. The summed E-state index contributed by atoms with van der Waals surface area (Å²) in [6.07, 6.45) is 0. The van der Waals surface area contributed by atoms with Gasteiger partial charge in [-0.05, 0) is 79.2 Å². The quantitative estimate of drug-likeness (QED) is 0.193. The van der Waals surface area contributed by atoms with E-state index in [9.17, 15) is 0 Å². The Morgan fingerprint density at radius 2 is 0.778 bits per heavy atom. The average Bonchev–Trinajstić information content (AvgIpc) is 3.27. The van der Waals surface area contributed by atoms with E-state index in [0.717, 1.165) is 8.95 Å². The normalized spacial score (nSPS) is 11.6. The van der Waals surface area contributed by atoms with E-state index in [1.165, 1.54) is 66.4 Å². The highest BCUT2D eigenvalue weighted by atomic mass is 79.9. The fourth-order valence-electron chi connectivity index (χ4n) is 5.66. The van der Waals surface area contributed by atoms with E-state index in [2.05, 4.69) is 153 Å². The molecule has 7 rings (SSSR count). The topological polar surface area (TPSA) is 0 Å². The highest BCUT2D eigenvalue weighted by Gasteiger charge is 2.31. The largest absolute Gasteiger partial charge is 0.0622 e. The first kappa shape index (κ1) is 21.8. The van der Waals surface area contributed by atoms with Crippen LogP contribution in [0, 0.1) is 0 Å². The van der Waals surface area contributed by atoms with E-state index < -0.39 is 0 Å². The fourth-order valence-corrected chi connectivity index (χ4v) is 7.01. The molecule has 2 heteroatoms. The lowest BCUT2D eigenvalue weighted by atomic mass is 9.82. The van der Waals surface area contributed by atoms with Crippen LogP contribution in [0.4, 0.5) is 0 Å². The maximum absolute atomic E-state index is 3.84. The van der Waals surface area contributed by atoms with Crippen LogP contribution >= 0.6 is 31.9 Å². The van der Waals surface area contributed by atoms with Crippen LogP contribution in [0.2, 0.25) is 0 Å². The molecule has 0 saturated carbocycles. The summed E-state index contributed by atoms with van der Waals surface area (Å²) in [5.74, 6) is 0. The standard InChI is InChI=1S/C34H20Br2/c35-28-18-16-24-31-25(17-19-29(36)34(28)31)33-30(23-14-8-3-9-15-23)26(21-10-4-1-5-11-21)20-27(32(24)33)22-12-6-2-7-13-22/h1-20H. The number of hydrogen-bond donors (Lipinski definition) is 0. The van der Waals surface area contributed by atoms with Crippen LogP contribution in [0.3, 0.4) is 0 Å². The van der Waals surface area contributed by atoms with Gasteiger partial charge >= 0.3 is 0 Å². The lowest BCUT2D eigenvalue weighted by molar-refractivity contribution is 1.56. The van der Waals surface area contributed by atoms with Crippen molar-refractivity contribution < 1.29 is 0 Å². The lowest BCUT2D eigenvalue weighted by Gasteiger charge is -2.20. The van der Waals surface area contributed by atoms with E-state index in [-0.39, 0.29) is 0 Å². The Balaban J connectivity index is 1.72. The van der Waals surface area contributed by atoms with Crippen LogP contribution in [-0.2, 0) is 0 Å². The maximum atomic E-state index is 3.84. The molecule has 170 valence electrons. The molecule has 0 unspecified atom stereocenters. The van der Waals surface area contributed by atoms with Crippen LogP contribution in [-0.4, -0.2) is 0 Å². The molecule has 0 bridgehead atoms.